The number of rotatable bonds is 5. The first-order valence-corrected chi connectivity index (χ1v) is 7.75. The molecule has 0 aliphatic heterocycles. The molecule has 1 aromatic heterocycles. The number of hydrogen-bond donors (Lipinski definition) is 2. The minimum Gasteiger partial charge on any atom is -0.384 e. The van der Waals surface area contributed by atoms with Crippen LogP contribution >= 0.6 is 11.3 Å². The maximum atomic E-state index is 12.1. The van der Waals surface area contributed by atoms with E-state index >= 15 is 0 Å². The lowest BCUT2D eigenvalue weighted by Crippen LogP contribution is -2.33. The third-order valence-electron chi connectivity index (χ3n) is 3.33. The molecule has 0 radical (unpaired) electrons. The summed E-state index contributed by atoms with van der Waals surface area (Å²) in [6.45, 7) is 9.28. The fraction of sp³-hybridized carbons (Fsp3) is 0.562. The number of carbonyl (C=O) groups is 1. The van der Waals surface area contributed by atoms with E-state index in [1.165, 1.54) is 11.3 Å². The summed E-state index contributed by atoms with van der Waals surface area (Å²) in [5.41, 5.74) is 0. The highest BCUT2D eigenvalue weighted by atomic mass is 32.1. The molecule has 2 N–H and O–H groups in total. The molecule has 20 heavy (non-hydrogen) atoms. The highest BCUT2D eigenvalue weighted by Crippen LogP contribution is 2.20. The molecule has 0 saturated heterocycles. The van der Waals surface area contributed by atoms with Crippen molar-refractivity contribution in [2.45, 2.75) is 27.7 Å². The van der Waals surface area contributed by atoms with Gasteiger partial charge in [-0.05, 0) is 29.9 Å². The van der Waals surface area contributed by atoms with Gasteiger partial charge in [0.1, 0.15) is 6.61 Å². The van der Waals surface area contributed by atoms with Gasteiger partial charge in [0.05, 0.1) is 9.75 Å². The van der Waals surface area contributed by atoms with Gasteiger partial charge in [0.15, 0.2) is 0 Å². The van der Waals surface area contributed by atoms with Crippen LogP contribution in [0.4, 0.5) is 0 Å². The minimum absolute atomic E-state index is 0.0432. The first-order chi connectivity index (χ1) is 9.45. The van der Waals surface area contributed by atoms with E-state index in [9.17, 15) is 4.79 Å². The van der Waals surface area contributed by atoms with Crippen LogP contribution in [0.25, 0.3) is 0 Å². The lowest BCUT2D eigenvalue weighted by molar-refractivity contribution is 0.0941. The number of amides is 1. The van der Waals surface area contributed by atoms with E-state index in [1.807, 2.05) is 6.07 Å². The normalized spacial score (nSPS) is 10.8. The standard InChI is InChI=1S/C16H23NO2S/c1-11(2)14(12(3)4)10-17-16(19)15-8-7-13(20-15)6-5-9-18/h7-8,11-12,14,18H,9-10H2,1-4H3,(H,17,19). The van der Waals surface area contributed by atoms with Gasteiger partial charge >= 0.3 is 0 Å². The SMILES string of the molecule is CC(C)C(CNC(=O)c1ccc(C#CCO)s1)C(C)C. The van der Waals surface area contributed by atoms with Gasteiger partial charge in [-0.15, -0.1) is 11.3 Å². The monoisotopic (exact) mass is 293 g/mol. The van der Waals surface area contributed by atoms with E-state index in [4.69, 9.17) is 5.11 Å². The van der Waals surface area contributed by atoms with Crippen LogP contribution in [0.2, 0.25) is 0 Å². The van der Waals surface area contributed by atoms with Crippen LogP contribution in [0.5, 0.6) is 0 Å². The Hall–Kier alpha value is -1.31. The first kappa shape index (κ1) is 16.7. The van der Waals surface area contributed by atoms with Gasteiger partial charge in [0, 0.05) is 6.54 Å². The van der Waals surface area contributed by atoms with Crippen molar-refractivity contribution in [3.8, 4) is 11.8 Å². The zero-order valence-electron chi connectivity index (χ0n) is 12.6. The molecule has 1 rings (SSSR count). The van der Waals surface area contributed by atoms with Gasteiger partial charge in [-0.2, -0.15) is 0 Å². The quantitative estimate of drug-likeness (QED) is 0.820. The van der Waals surface area contributed by atoms with E-state index in [2.05, 4.69) is 44.9 Å². The third kappa shape index (κ3) is 4.99. The van der Waals surface area contributed by atoms with Crippen LogP contribution in [-0.4, -0.2) is 24.2 Å². The van der Waals surface area contributed by atoms with Crippen LogP contribution in [0.1, 0.15) is 42.2 Å². The molecule has 0 aromatic carbocycles. The summed E-state index contributed by atoms with van der Waals surface area (Å²) in [6.07, 6.45) is 0. The third-order valence-corrected chi connectivity index (χ3v) is 4.33. The van der Waals surface area contributed by atoms with Crippen molar-refractivity contribution in [3.63, 3.8) is 0 Å². The Bertz CT molecular complexity index is 486. The van der Waals surface area contributed by atoms with Crippen molar-refractivity contribution in [3.05, 3.63) is 21.9 Å². The van der Waals surface area contributed by atoms with Gasteiger partial charge in [-0.25, -0.2) is 0 Å². The molecule has 0 atom stereocenters. The largest absolute Gasteiger partial charge is 0.384 e. The van der Waals surface area contributed by atoms with Crippen LogP contribution in [-0.2, 0) is 0 Å². The van der Waals surface area contributed by atoms with E-state index in [0.29, 0.717) is 29.2 Å². The molecule has 1 amide bonds. The van der Waals surface area contributed by atoms with Crippen LogP contribution in [0.15, 0.2) is 12.1 Å². The Morgan fingerprint density at radius 1 is 1.30 bits per heavy atom. The first-order valence-electron chi connectivity index (χ1n) is 6.93. The Morgan fingerprint density at radius 2 is 1.95 bits per heavy atom. The van der Waals surface area contributed by atoms with E-state index in [0.717, 1.165) is 4.88 Å². The minimum atomic E-state index is -0.163. The van der Waals surface area contributed by atoms with E-state index in [-0.39, 0.29) is 12.5 Å². The smallest absolute Gasteiger partial charge is 0.261 e. The maximum Gasteiger partial charge on any atom is 0.261 e. The number of aliphatic hydroxyl groups is 1. The fourth-order valence-corrected chi connectivity index (χ4v) is 2.99. The van der Waals surface area contributed by atoms with Crippen molar-refractivity contribution in [1.29, 1.82) is 0 Å². The average Bonchev–Trinajstić information content (AvgIpc) is 2.84. The summed E-state index contributed by atoms with van der Waals surface area (Å²) in [5.74, 6) is 6.92. The molecule has 0 unspecified atom stereocenters. The lowest BCUT2D eigenvalue weighted by atomic mass is 9.85. The average molecular weight is 293 g/mol. The van der Waals surface area contributed by atoms with Gasteiger partial charge in [-0.1, -0.05) is 39.5 Å². The number of carbonyl (C=O) groups excluding carboxylic acids is 1. The zero-order valence-corrected chi connectivity index (χ0v) is 13.4. The van der Waals surface area contributed by atoms with Gasteiger partial charge < -0.3 is 10.4 Å². The molecule has 1 heterocycles. The molecule has 0 bridgehead atoms. The number of nitrogens with one attached hydrogen (secondary N) is 1. The number of thiophene rings is 1. The van der Waals surface area contributed by atoms with Crippen LogP contribution in [0.3, 0.4) is 0 Å². The topological polar surface area (TPSA) is 49.3 Å². The van der Waals surface area contributed by atoms with Crippen LogP contribution < -0.4 is 5.32 Å². The van der Waals surface area contributed by atoms with E-state index in [1.54, 1.807) is 6.07 Å². The summed E-state index contributed by atoms with van der Waals surface area (Å²) in [6, 6.07) is 3.59. The molecular formula is C16H23NO2S. The predicted octanol–water partition coefficient (Wildman–Crippen LogP) is 2.75. The molecule has 110 valence electrons. The second-order valence-electron chi connectivity index (χ2n) is 5.49. The van der Waals surface area contributed by atoms with Crippen molar-refractivity contribution >= 4 is 17.2 Å². The maximum absolute atomic E-state index is 12.1. The molecule has 4 heteroatoms. The molecular weight excluding hydrogens is 270 g/mol. The van der Waals surface area contributed by atoms with Crippen LogP contribution in [0, 0.1) is 29.6 Å². The summed E-state index contributed by atoms with van der Waals surface area (Å²) < 4.78 is 0. The Balaban J connectivity index is 2.60. The molecule has 3 nitrogen and oxygen atoms in total. The Morgan fingerprint density at radius 3 is 2.50 bits per heavy atom. The number of hydrogen-bond acceptors (Lipinski definition) is 3. The lowest BCUT2D eigenvalue weighted by Gasteiger charge is -2.24. The molecule has 0 spiro atoms. The van der Waals surface area contributed by atoms with Crippen molar-refractivity contribution in [2.24, 2.45) is 17.8 Å². The number of aliphatic hydroxyl groups excluding tert-OH is 1. The van der Waals surface area contributed by atoms with Crippen molar-refractivity contribution < 1.29 is 9.90 Å². The van der Waals surface area contributed by atoms with Gasteiger partial charge in [0.2, 0.25) is 0 Å². The molecule has 1 aromatic rings. The predicted molar refractivity (Wildman–Crippen MR) is 83.8 cm³/mol. The highest BCUT2D eigenvalue weighted by Gasteiger charge is 2.19. The summed E-state index contributed by atoms with van der Waals surface area (Å²) in [7, 11) is 0. The van der Waals surface area contributed by atoms with Crippen molar-refractivity contribution in [1.82, 2.24) is 5.32 Å². The molecule has 0 aliphatic carbocycles. The molecule has 0 saturated carbocycles. The fourth-order valence-electron chi connectivity index (χ4n) is 2.19. The van der Waals surface area contributed by atoms with Gasteiger partial charge in [0.25, 0.3) is 5.91 Å². The Labute approximate surface area is 125 Å². The summed E-state index contributed by atoms with van der Waals surface area (Å²) in [5, 5.41) is 11.6. The molecule has 0 aliphatic rings. The second kappa shape index (κ2) is 8.08. The summed E-state index contributed by atoms with van der Waals surface area (Å²) in [4.78, 5) is 13.5. The Kier molecular flexibility index (Phi) is 6.77. The summed E-state index contributed by atoms with van der Waals surface area (Å²) >= 11 is 1.35. The second-order valence-corrected chi connectivity index (χ2v) is 6.57. The highest BCUT2D eigenvalue weighted by molar-refractivity contribution is 7.14. The van der Waals surface area contributed by atoms with E-state index < -0.39 is 0 Å². The van der Waals surface area contributed by atoms with Gasteiger partial charge in [-0.3, -0.25) is 4.79 Å². The molecule has 0 fully saturated rings. The van der Waals surface area contributed by atoms with Crippen molar-refractivity contribution in [2.75, 3.05) is 13.2 Å². The zero-order chi connectivity index (χ0) is 15.1.